The Morgan fingerprint density at radius 2 is 2.00 bits per heavy atom. The Bertz CT molecular complexity index is 423. The summed E-state index contributed by atoms with van der Waals surface area (Å²) in [7, 11) is 0. The second kappa shape index (κ2) is 3.64. The molecular weight excluding hydrogens is 296 g/mol. The van der Waals surface area contributed by atoms with Crippen molar-refractivity contribution in [3.8, 4) is 11.4 Å². The van der Waals surface area contributed by atoms with Crippen molar-refractivity contribution in [2.45, 2.75) is 0 Å². The van der Waals surface area contributed by atoms with Crippen molar-refractivity contribution in [1.82, 2.24) is 8.58 Å². The molecule has 0 saturated heterocycles. The smallest absolute Gasteiger partial charge is 0.151 e. The molecule has 1 aromatic carbocycles. The van der Waals surface area contributed by atoms with E-state index in [2.05, 4.69) is 37.1 Å². The monoisotopic (exact) mass is 300 g/mol. The molecule has 0 bridgehead atoms. The molecular formula is C9H6Br2N2. The highest BCUT2D eigenvalue weighted by Gasteiger charge is 2.06. The zero-order chi connectivity index (χ0) is 9.26. The molecule has 1 heterocycles. The molecule has 0 spiro atoms. The van der Waals surface area contributed by atoms with E-state index >= 15 is 0 Å². The second-order valence-electron chi connectivity index (χ2n) is 2.54. The average molecular weight is 302 g/mol. The number of hydrogen-bond acceptors (Lipinski definition) is 1. The molecule has 0 aliphatic heterocycles. The summed E-state index contributed by atoms with van der Waals surface area (Å²) in [6, 6.07) is 7.98. The van der Waals surface area contributed by atoms with Gasteiger partial charge < -0.3 is 0 Å². The van der Waals surface area contributed by atoms with Crippen LogP contribution in [-0.4, -0.2) is 8.58 Å². The first-order valence-corrected chi connectivity index (χ1v) is 5.23. The zero-order valence-corrected chi connectivity index (χ0v) is 9.79. The molecule has 2 aromatic rings. The standard InChI is InChI=1S/C9H6Br2N2/c10-8-4-2-1-3-7(8)9-12-5-6-13(9)11/h1-6H. The van der Waals surface area contributed by atoms with Gasteiger partial charge in [-0.05, 0) is 6.07 Å². The van der Waals surface area contributed by atoms with Crippen LogP contribution in [-0.2, 0) is 0 Å². The molecule has 0 aliphatic carbocycles. The first-order valence-electron chi connectivity index (χ1n) is 3.73. The Labute approximate surface area is 93.1 Å². The van der Waals surface area contributed by atoms with Crippen LogP contribution in [0.4, 0.5) is 0 Å². The third kappa shape index (κ3) is 1.69. The van der Waals surface area contributed by atoms with E-state index in [1.165, 1.54) is 0 Å². The SMILES string of the molecule is Brc1ccccc1-c1nccn1Br. The highest BCUT2D eigenvalue weighted by atomic mass is 79.9. The maximum absolute atomic E-state index is 4.23. The van der Waals surface area contributed by atoms with E-state index in [9.17, 15) is 0 Å². The predicted octanol–water partition coefficient (Wildman–Crippen LogP) is 3.47. The third-order valence-electron chi connectivity index (χ3n) is 1.71. The van der Waals surface area contributed by atoms with Crippen molar-refractivity contribution in [3.05, 3.63) is 41.1 Å². The first kappa shape index (κ1) is 8.97. The quantitative estimate of drug-likeness (QED) is 0.788. The summed E-state index contributed by atoms with van der Waals surface area (Å²) in [4.78, 5) is 4.23. The van der Waals surface area contributed by atoms with Gasteiger partial charge in [0, 0.05) is 22.4 Å². The summed E-state index contributed by atoms with van der Waals surface area (Å²) < 4.78 is 2.86. The van der Waals surface area contributed by atoms with Crippen molar-refractivity contribution in [1.29, 1.82) is 0 Å². The summed E-state index contributed by atoms with van der Waals surface area (Å²) in [5.41, 5.74) is 1.07. The fourth-order valence-electron chi connectivity index (χ4n) is 1.12. The van der Waals surface area contributed by atoms with E-state index in [-0.39, 0.29) is 0 Å². The molecule has 4 heteroatoms. The molecule has 66 valence electrons. The van der Waals surface area contributed by atoms with Gasteiger partial charge in [0.1, 0.15) is 0 Å². The van der Waals surface area contributed by atoms with Crippen LogP contribution in [0.3, 0.4) is 0 Å². The highest BCUT2D eigenvalue weighted by molar-refractivity contribution is 9.10. The van der Waals surface area contributed by atoms with Gasteiger partial charge in [0.2, 0.25) is 0 Å². The Balaban J connectivity index is 2.59. The molecule has 0 amide bonds. The van der Waals surface area contributed by atoms with Gasteiger partial charge in [-0.3, -0.25) is 3.59 Å². The van der Waals surface area contributed by atoms with Gasteiger partial charge in [-0.2, -0.15) is 0 Å². The normalized spacial score (nSPS) is 10.3. The summed E-state index contributed by atoms with van der Waals surface area (Å²) >= 11 is 6.85. The van der Waals surface area contributed by atoms with Crippen LogP contribution < -0.4 is 0 Å². The molecule has 2 nitrogen and oxygen atoms in total. The third-order valence-corrected chi connectivity index (χ3v) is 2.98. The van der Waals surface area contributed by atoms with E-state index in [1.54, 1.807) is 6.20 Å². The van der Waals surface area contributed by atoms with Gasteiger partial charge in [0.15, 0.2) is 5.82 Å². The number of hydrogen-bond donors (Lipinski definition) is 0. The number of imidazole rings is 1. The van der Waals surface area contributed by atoms with Crippen LogP contribution in [0.25, 0.3) is 11.4 Å². The van der Waals surface area contributed by atoms with Crippen LogP contribution in [0.5, 0.6) is 0 Å². The van der Waals surface area contributed by atoms with Gasteiger partial charge in [0.25, 0.3) is 0 Å². The number of benzene rings is 1. The Morgan fingerprint density at radius 1 is 1.23 bits per heavy atom. The molecule has 1 aromatic heterocycles. The van der Waals surface area contributed by atoms with Gasteiger partial charge in [0.05, 0.1) is 16.1 Å². The molecule has 0 N–H and O–H groups in total. The summed E-state index contributed by atoms with van der Waals surface area (Å²) in [6.07, 6.45) is 3.61. The fraction of sp³-hybridized carbons (Fsp3) is 0. The van der Waals surface area contributed by atoms with E-state index < -0.39 is 0 Å². The minimum absolute atomic E-state index is 0.896. The maximum Gasteiger partial charge on any atom is 0.151 e. The average Bonchev–Trinajstić information content (AvgIpc) is 2.52. The Kier molecular flexibility index (Phi) is 2.51. The summed E-state index contributed by atoms with van der Waals surface area (Å²) in [5.74, 6) is 0.896. The summed E-state index contributed by atoms with van der Waals surface area (Å²) in [6.45, 7) is 0. The lowest BCUT2D eigenvalue weighted by Crippen LogP contribution is -1.86. The second-order valence-corrected chi connectivity index (χ2v) is 4.16. The first-order chi connectivity index (χ1) is 6.29. The molecule has 0 radical (unpaired) electrons. The van der Waals surface area contributed by atoms with E-state index in [1.807, 2.05) is 34.1 Å². The Hall–Kier alpha value is -0.610. The van der Waals surface area contributed by atoms with Crippen molar-refractivity contribution in [2.75, 3.05) is 0 Å². The van der Waals surface area contributed by atoms with Crippen LogP contribution >= 0.6 is 32.1 Å². The fourth-order valence-corrected chi connectivity index (χ4v) is 1.97. The molecule has 13 heavy (non-hydrogen) atoms. The highest BCUT2D eigenvalue weighted by Crippen LogP contribution is 2.27. The van der Waals surface area contributed by atoms with Gasteiger partial charge in [-0.1, -0.05) is 34.1 Å². The summed E-state index contributed by atoms with van der Waals surface area (Å²) in [5, 5.41) is 0. The van der Waals surface area contributed by atoms with Crippen LogP contribution in [0, 0.1) is 0 Å². The molecule has 2 rings (SSSR count). The van der Waals surface area contributed by atoms with Gasteiger partial charge in [-0.15, -0.1) is 0 Å². The van der Waals surface area contributed by atoms with Crippen LogP contribution in [0.2, 0.25) is 0 Å². The lowest BCUT2D eigenvalue weighted by Gasteiger charge is -2.01. The van der Waals surface area contributed by atoms with Crippen molar-refractivity contribution in [3.63, 3.8) is 0 Å². The molecule has 0 unspecified atom stereocenters. The van der Waals surface area contributed by atoms with Crippen LogP contribution in [0.15, 0.2) is 41.1 Å². The minimum atomic E-state index is 0.896. The lowest BCUT2D eigenvalue weighted by atomic mass is 10.2. The van der Waals surface area contributed by atoms with Crippen molar-refractivity contribution in [2.24, 2.45) is 0 Å². The molecule has 0 atom stereocenters. The van der Waals surface area contributed by atoms with Crippen molar-refractivity contribution < 1.29 is 0 Å². The largest absolute Gasteiger partial charge is 0.266 e. The van der Waals surface area contributed by atoms with Gasteiger partial charge >= 0.3 is 0 Å². The number of halogens is 2. The van der Waals surface area contributed by atoms with E-state index in [0.29, 0.717) is 0 Å². The maximum atomic E-state index is 4.23. The van der Waals surface area contributed by atoms with E-state index in [4.69, 9.17) is 0 Å². The topological polar surface area (TPSA) is 17.8 Å². The molecule has 0 saturated carbocycles. The van der Waals surface area contributed by atoms with Crippen LogP contribution in [0.1, 0.15) is 0 Å². The number of nitrogens with zero attached hydrogens (tertiary/aromatic N) is 2. The number of aromatic nitrogens is 2. The Morgan fingerprint density at radius 3 is 2.62 bits per heavy atom. The van der Waals surface area contributed by atoms with Crippen molar-refractivity contribution >= 4 is 32.1 Å². The lowest BCUT2D eigenvalue weighted by molar-refractivity contribution is 1.26. The van der Waals surface area contributed by atoms with Gasteiger partial charge in [-0.25, -0.2) is 4.98 Å². The minimum Gasteiger partial charge on any atom is -0.266 e. The molecule has 0 aliphatic rings. The predicted molar refractivity (Wildman–Crippen MR) is 59.7 cm³/mol. The van der Waals surface area contributed by atoms with E-state index in [0.717, 1.165) is 15.9 Å². The zero-order valence-electron chi connectivity index (χ0n) is 6.61. The molecule has 0 fully saturated rings. The number of rotatable bonds is 1.